The van der Waals surface area contributed by atoms with Crippen molar-refractivity contribution in [1.29, 1.82) is 0 Å². The summed E-state index contributed by atoms with van der Waals surface area (Å²) in [6, 6.07) is 15.6. The molecule has 0 aliphatic heterocycles. The van der Waals surface area contributed by atoms with Gasteiger partial charge in [-0.15, -0.1) is 11.8 Å². The molecule has 3 aromatic rings. The summed E-state index contributed by atoms with van der Waals surface area (Å²) in [5.74, 6) is 3.77. The summed E-state index contributed by atoms with van der Waals surface area (Å²) in [5, 5.41) is 11.7. The van der Waals surface area contributed by atoms with Crippen LogP contribution < -0.4 is 5.32 Å². The van der Waals surface area contributed by atoms with E-state index in [1.807, 2.05) is 30.3 Å². The van der Waals surface area contributed by atoms with Crippen molar-refractivity contribution < 1.29 is 23.9 Å². The molecule has 0 spiro atoms. The lowest BCUT2D eigenvalue weighted by atomic mass is 10.1. The zero-order valence-corrected chi connectivity index (χ0v) is 18.8. The average molecular weight is 477 g/mol. The number of carbonyl (C=O) groups is 3. The number of benzene rings is 2. The number of halogens is 1. The van der Waals surface area contributed by atoms with E-state index >= 15 is 0 Å². The van der Waals surface area contributed by atoms with E-state index in [-0.39, 0.29) is 17.1 Å². The van der Waals surface area contributed by atoms with Crippen molar-refractivity contribution in [3.63, 3.8) is 0 Å². The van der Waals surface area contributed by atoms with Gasteiger partial charge < -0.3 is 10.4 Å². The molecular formula is C26H21FN2O4S. The summed E-state index contributed by atoms with van der Waals surface area (Å²) < 4.78 is 13.0. The van der Waals surface area contributed by atoms with E-state index in [1.54, 1.807) is 12.1 Å². The molecule has 0 radical (unpaired) electrons. The number of Topliss-reactive ketones (excluding diaryl/α,β-unsaturated/α-hetero) is 1. The second-order valence-corrected chi connectivity index (χ2v) is 8.27. The first-order valence-corrected chi connectivity index (χ1v) is 11.5. The van der Waals surface area contributed by atoms with Gasteiger partial charge >= 0.3 is 5.97 Å². The van der Waals surface area contributed by atoms with Crippen LogP contribution in [0.5, 0.6) is 0 Å². The third kappa shape index (κ3) is 7.87. The second-order valence-electron chi connectivity index (χ2n) is 7.29. The van der Waals surface area contributed by atoms with Gasteiger partial charge in [-0.1, -0.05) is 42.2 Å². The summed E-state index contributed by atoms with van der Waals surface area (Å²) in [6.07, 6.45) is 2.30. The van der Waals surface area contributed by atoms with Crippen molar-refractivity contribution in [3.8, 4) is 11.8 Å². The molecule has 1 amide bonds. The van der Waals surface area contributed by atoms with Crippen LogP contribution in [0.4, 0.5) is 4.39 Å². The fourth-order valence-electron chi connectivity index (χ4n) is 2.91. The predicted molar refractivity (Wildman–Crippen MR) is 128 cm³/mol. The molecule has 0 unspecified atom stereocenters. The number of nitrogens with zero attached hydrogens (tertiary/aromatic N) is 1. The largest absolute Gasteiger partial charge is 0.481 e. The van der Waals surface area contributed by atoms with Crippen molar-refractivity contribution in [3.05, 3.63) is 101 Å². The van der Waals surface area contributed by atoms with Crippen LogP contribution in [0.2, 0.25) is 0 Å². The molecule has 0 aliphatic carbocycles. The number of hydrogen-bond acceptors (Lipinski definition) is 5. The minimum Gasteiger partial charge on any atom is -0.481 e. The lowest BCUT2D eigenvalue weighted by molar-refractivity contribution is -0.139. The number of carboxylic acids is 1. The minimum atomic E-state index is -1.21. The van der Waals surface area contributed by atoms with Gasteiger partial charge in [-0.3, -0.25) is 19.4 Å². The summed E-state index contributed by atoms with van der Waals surface area (Å²) in [7, 11) is 0. The summed E-state index contributed by atoms with van der Waals surface area (Å²) in [5.41, 5.74) is 2.31. The molecule has 1 aromatic heterocycles. The highest BCUT2D eigenvalue weighted by Crippen LogP contribution is 2.14. The molecule has 6 nitrogen and oxygen atoms in total. The number of rotatable bonds is 9. The smallest absolute Gasteiger partial charge is 0.305 e. The van der Waals surface area contributed by atoms with E-state index in [1.165, 1.54) is 42.4 Å². The number of carbonyl (C=O) groups excluding carboxylic acids is 2. The third-order valence-corrected chi connectivity index (χ3v) is 5.65. The van der Waals surface area contributed by atoms with Crippen LogP contribution in [0.15, 0.2) is 73.1 Å². The van der Waals surface area contributed by atoms with Gasteiger partial charge in [0.2, 0.25) is 0 Å². The van der Waals surface area contributed by atoms with E-state index in [9.17, 15) is 23.9 Å². The molecular weight excluding hydrogens is 455 g/mol. The Bertz CT molecular complexity index is 1220. The Morgan fingerprint density at radius 3 is 2.41 bits per heavy atom. The van der Waals surface area contributed by atoms with Gasteiger partial charge in [0.05, 0.1) is 23.8 Å². The number of aliphatic carboxylic acids is 1. The Balaban J connectivity index is 1.63. The van der Waals surface area contributed by atoms with Crippen LogP contribution >= 0.6 is 11.8 Å². The fourth-order valence-corrected chi connectivity index (χ4v) is 3.84. The molecule has 0 bridgehead atoms. The first-order chi connectivity index (χ1) is 16.4. The van der Waals surface area contributed by atoms with E-state index in [0.717, 1.165) is 11.1 Å². The highest BCUT2D eigenvalue weighted by molar-refractivity contribution is 7.99. The Kier molecular flexibility index (Phi) is 8.95. The molecule has 0 saturated heterocycles. The zero-order valence-electron chi connectivity index (χ0n) is 18.0. The third-order valence-electron chi connectivity index (χ3n) is 4.62. The molecule has 0 aliphatic rings. The summed E-state index contributed by atoms with van der Waals surface area (Å²) in [6.45, 7) is 0. The number of ketones is 1. The highest BCUT2D eigenvalue weighted by atomic mass is 32.2. The minimum absolute atomic E-state index is 0.00353. The molecule has 172 valence electrons. The number of pyridine rings is 1. The molecule has 3 rings (SSSR count). The van der Waals surface area contributed by atoms with E-state index in [2.05, 4.69) is 22.1 Å². The fraction of sp³-hybridized carbons (Fsp3) is 0.154. The maximum atomic E-state index is 13.0. The molecule has 1 heterocycles. The molecule has 2 N–H and O–H groups in total. The predicted octanol–water partition coefficient (Wildman–Crippen LogP) is 3.70. The van der Waals surface area contributed by atoms with Gasteiger partial charge in [0, 0.05) is 29.3 Å². The number of amides is 1. The van der Waals surface area contributed by atoms with Crippen molar-refractivity contribution in [2.45, 2.75) is 18.2 Å². The number of thioether (sulfide) groups is 1. The van der Waals surface area contributed by atoms with E-state index in [0.29, 0.717) is 11.3 Å². The van der Waals surface area contributed by atoms with E-state index < -0.39 is 30.1 Å². The Labute approximate surface area is 200 Å². The molecule has 0 saturated carbocycles. The van der Waals surface area contributed by atoms with Crippen LogP contribution in [0, 0.1) is 17.7 Å². The number of aromatic nitrogens is 1. The van der Waals surface area contributed by atoms with Crippen LogP contribution in [0.3, 0.4) is 0 Å². The number of hydrogen-bond donors (Lipinski definition) is 2. The van der Waals surface area contributed by atoms with Crippen LogP contribution in [0.1, 0.15) is 33.5 Å². The molecule has 2 aromatic carbocycles. The SMILES string of the molecule is O=C(O)C[C@H](NC(=O)c1cncc(C#Cc2ccccc2)c1)C(=O)CSCc1ccc(F)cc1. The molecule has 34 heavy (non-hydrogen) atoms. The van der Waals surface area contributed by atoms with Crippen molar-refractivity contribution in [2.75, 3.05) is 5.75 Å². The maximum Gasteiger partial charge on any atom is 0.305 e. The number of carboxylic acid groups (broad SMARTS) is 1. The molecule has 8 heteroatoms. The quantitative estimate of drug-likeness (QED) is 0.457. The van der Waals surface area contributed by atoms with Crippen molar-refractivity contribution in [2.24, 2.45) is 0 Å². The topological polar surface area (TPSA) is 96.4 Å². The lowest BCUT2D eigenvalue weighted by Gasteiger charge is -2.16. The first-order valence-electron chi connectivity index (χ1n) is 10.3. The Morgan fingerprint density at radius 1 is 1.00 bits per heavy atom. The Hall–Kier alpha value is -3.96. The molecule has 0 fully saturated rings. The standard InChI is InChI=1S/C26H21FN2O4S/c27-22-10-8-19(9-11-22)16-34-17-24(30)23(13-25(31)32)29-26(33)21-12-20(14-28-15-21)7-6-18-4-2-1-3-5-18/h1-5,8-12,14-15,23H,13,16-17H2,(H,29,33)(H,31,32)/t23-/m0/s1. The zero-order chi connectivity index (χ0) is 24.3. The van der Waals surface area contributed by atoms with Gasteiger partial charge in [0.15, 0.2) is 5.78 Å². The lowest BCUT2D eigenvalue weighted by Crippen LogP contribution is -2.43. The van der Waals surface area contributed by atoms with Gasteiger partial charge in [0.25, 0.3) is 5.91 Å². The molecule has 1 atom stereocenters. The summed E-state index contributed by atoms with van der Waals surface area (Å²) >= 11 is 1.26. The maximum absolute atomic E-state index is 13.0. The first kappa shape index (κ1) is 24.7. The van der Waals surface area contributed by atoms with Gasteiger partial charge in [0.1, 0.15) is 5.82 Å². The van der Waals surface area contributed by atoms with E-state index in [4.69, 9.17) is 0 Å². The van der Waals surface area contributed by atoms with Crippen LogP contribution in [-0.4, -0.2) is 39.5 Å². The van der Waals surface area contributed by atoms with Crippen LogP contribution in [0.25, 0.3) is 0 Å². The highest BCUT2D eigenvalue weighted by Gasteiger charge is 2.24. The van der Waals surface area contributed by atoms with Crippen LogP contribution in [-0.2, 0) is 15.3 Å². The summed E-state index contributed by atoms with van der Waals surface area (Å²) in [4.78, 5) is 40.6. The van der Waals surface area contributed by atoms with Crippen molar-refractivity contribution >= 4 is 29.4 Å². The van der Waals surface area contributed by atoms with Crippen molar-refractivity contribution in [1.82, 2.24) is 10.3 Å². The van der Waals surface area contributed by atoms with Gasteiger partial charge in [-0.2, -0.15) is 0 Å². The monoisotopic (exact) mass is 476 g/mol. The number of nitrogens with one attached hydrogen (secondary N) is 1. The van der Waals surface area contributed by atoms with Gasteiger partial charge in [-0.25, -0.2) is 4.39 Å². The average Bonchev–Trinajstić information content (AvgIpc) is 2.84. The second kappa shape index (κ2) is 12.3. The normalized spacial score (nSPS) is 11.1. The van der Waals surface area contributed by atoms with Gasteiger partial charge in [-0.05, 0) is 35.9 Å². The Morgan fingerprint density at radius 2 is 1.71 bits per heavy atom.